The van der Waals surface area contributed by atoms with Crippen molar-refractivity contribution in [3.63, 3.8) is 0 Å². The summed E-state index contributed by atoms with van der Waals surface area (Å²) in [6, 6.07) is 34.3. The third-order valence-electron chi connectivity index (χ3n) is 8.42. The zero-order valence-corrected chi connectivity index (χ0v) is 23.2. The van der Waals surface area contributed by atoms with Crippen molar-refractivity contribution in [3.05, 3.63) is 144 Å². The van der Waals surface area contributed by atoms with Gasteiger partial charge in [-0.2, -0.15) is 0 Å². The topological polar surface area (TPSA) is 9.86 Å². The lowest BCUT2D eigenvalue weighted by molar-refractivity contribution is 0.381. The number of hydrogen-bond acceptors (Lipinski definition) is 0. The third kappa shape index (κ3) is 3.46. The maximum atomic E-state index is 15.4. The van der Waals surface area contributed by atoms with Crippen molar-refractivity contribution in [2.24, 2.45) is 0 Å². The number of aryl methyl sites for hydroxylation is 1. The highest BCUT2D eigenvalue weighted by Crippen LogP contribution is 2.44. The lowest BCUT2D eigenvalue weighted by Gasteiger charge is -2.19. The van der Waals surface area contributed by atoms with Gasteiger partial charge in [0.15, 0.2) is 23.3 Å². The van der Waals surface area contributed by atoms with Crippen LogP contribution < -0.4 is 0 Å². The van der Waals surface area contributed by atoms with Gasteiger partial charge in [0.25, 0.3) is 0 Å². The molecule has 7 heteroatoms. The summed E-state index contributed by atoms with van der Waals surface area (Å²) in [7, 11) is 0. The molecule has 2 heterocycles. The summed E-state index contributed by atoms with van der Waals surface area (Å²) in [5, 5.41) is 3.71. The zero-order chi connectivity index (χ0) is 30.3. The Morgan fingerprint density at radius 2 is 0.932 bits per heavy atom. The van der Waals surface area contributed by atoms with Crippen LogP contribution in [-0.2, 0) is 0 Å². The molecule has 0 unspecified atom stereocenters. The van der Waals surface area contributed by atoms with E-state index in [1.54, 1.807) is 19.1 Å². The van der Waals surface area contributed by atoms with Crippen LogP contribution in [0.15, 0.2) is 109 Å². The van der Waals surface area contributed by atoms with Gasteiger partial charge in [0.2, 0.25) is 5.82 Å². The van der Waals surface area contributed by atoms with Crippen LogP contribution in [0.25, 0.3) is 66.1 Å². The fraction of sp³-hybridized carbons (Fsp3) is 0.0270. The molecule has 8 rings (SSSR count). The van der Waals surface area contributed by atoms with Crippen molar-refractivity contribution < 1.29 is 22.0 Å². The van der Waals surface area contributed by atoms with Gasteiger partial charge in [-0.1, -0.05) is 84.9 Å². The second-order valence-electron chi connectivity index (χ2n) is 10.8. The predicted octanol–water partition coefficient (Wildman–Crippen LogP) is 10.6. The molecule has 0 saturated carbocycles. The SMILES string of the molecule is Cc1cccc(-c2c(F)c(F)c(F)c(F)c2F)c1-n1c2ccccc2c2ccc3c4ccccc4n(-c4ccccc4)c3c21. The van der Waals surface area contributed by atoms with Gasteiger partial charge in [0.1, 0.15) is 0 Å². The molecule has 2 aromatic heterocycles. The lowest BCUT2D eigenvalue weighted by atomic mass is 9.98. The lowest BCUT2D eigenvalue weighted by Crippen LogP contribution is -2.08. The van der Waals surface area contributed by atoms with E-state index in [2.05, 4.69) is 10.6 Å². The van der Waals surface area contributed by atoms with Crippen molar-refractivity contribution in [2.75, 3.05) is 0 Å². The molecule has 44 heavy (non-hydrogen) atoms. The molecule has 0 amide bonds. The molecule has 0 aliphatic rings. The largest absolute Gasteiger partial charge is 0.307 e. The summed E-state index contributed by atoms with van der Waals surface area (Å²) in [5.41, 5.74) is 4.00. The number of hydrogen-bond donors (Lipinski definition) is 0. The Bertz CT molecular complexity index is 2430. The molecule has 0 saturated heterocycles. The van der Waals surface area contributed by atoms with Crippen LogP contribution in [0, 0.1) is 36.0 Å². The van der Waals surface area contributed by atoms with E-state index in [0.717, 1.165) is 49.3 Å². The van der Waals surface area contributed by atoms with E-state index in [1.165, 1.54) is 6.07 Å². The van der Waals surface area contributed by atoms with Crippen molar-refractivity contribution in [1.29, 1.82) is 0 Å². The second-order valence-corrected chi connectivity index (χ2v) is 10.8. The number of halogens is 5. The zero-order valence-electron chi connectivity index (χ0n) is 23.2. The van der Waals surface area contributed by atoms with Crippen LogP contribution in [0.4, 0.5) is 22.0 Å². The van der Waals surface area contributed by atoms with Crippen molar-refractivity contribution in [2.45, 2.75) is 6.92 Å². The molecular weight excluding hydrogens is 567 g/mol. The Balaban J connectivity index is 1.63. The molecule has 0 aliphatic carbocycles. The summed E-state index contributed by atoms with van der Waals surface area (Å²) in [5.74, 6) is -9.92. The molecule has 0 bridgehead atoms. The maximum absolute atomic E-state index is 15.4. The average molecular weight is 589 g/mol. The molecule has 0 N–H and O–H groups in total. The van der Waals surface area contributed by atoms with E-state index in [9.17, 15) is 13.2 Å². The smallest absolute Gasteiger partial charge is 0.200 e. The minimum atomic E-state index is -2.19. The Morgan fingerprint density at radius 1 is 0.432 bits per heavy atom. The first-order valence-electron chi connectivity index (χ1n) is 14.0. The van der Waals surface area contributed by atoms with E-state index < -0.39 is 34.6 Å². The predicted molar refractivity (Wildman–Crippen MR) is 165 cm³/mol. The second kappa shape index (κ2) is 9.54. The van der Waals surface area contributed by atoms with Gasteiger partial charge in [-0.3, -0.25) is 0 Å². The van der Waals surface area contributed by atoms with Crippen LogP contribution in [0.2, 0.25) is 0 Å². The molecule has 214 valence electrons. The summed E-state index contributed by atoms with van der Waals surface area (Å²) in [4.78, 5) is 0. The van der Waals surface area contributed by atoms with Crippen molar-refractivity contribution in [1.82, 2.24) is 9.13 Å². The summed E-state index contributed by atoms with van der Waals surface area (Å²) < 4.78 is 78.1. The minimum Gasteiger partial charge on any atom is -0.307 e. The molecular formula is C37H21F5N2. The quantitative estimate of drug-likeness (QED) is 0.110. The Labute approximate surface area is 247 Å². The molecule has 0 radical (unpaired) electrons. The number of rotatable bonds is 3. The highest BCUT2D eigenvalue weighted by atomic mass is 19.2. The minimum absolute atomic E-state index is 0.111. The monoisotopic (exact) mass is 588 g/mol. The summed E-state index contributed by atoms with van der Waals surface area (Å²) >= 11 is 0. The van der Waals surface area contributed by atoms with E-state index in [0.29, 0.717) is 11.3 Å². The number of nitrogens with zero attached hydrogens (tertiary/aromatic N) is 2. The Kier molecular flexibility index (Phi) is 5.68. The Morgan fingerprint density at radius 3 is 1.55 bits per heavy atom. The first kappa shape index (κ1) is 26.2. The summed E-state index contributed by atoms with van der Waals surface area (Å²) in [6.45, 7) is 1.76. The highest BCUT2D eigenvalue weighted by molar-refractivity contribution is 6.24. The number of aromatic nitrogens is 2. The number of para-hydroxylation sites is 4. The molecule has 0 atom stereocenters. The van der Waals surface area contributed by atoms with Crippen LogP contribution in [0.5, 0.6) is 0 Å². The first-order valence-corrected chi connectivity index (χ1v) is 14.0. The fourth-order valence-electron chi connectivity index (χ4n) is 6.58. The van der Waals surface area contributed by atoms with Gasteiger partial charge in [0.05, 0.1) is 33.3 Å². The van der Waals surface area contributed by atoms with E-state index >= 15 is 8.78 Å². The molecule has 0 spiro atoms. The third-order valence-corrected chi connectivity index (χ3v) is 8.42. The van der Waals surface area contributed by atoms with Gasteiger partial charge >= 0.3 is 0 Å². The fourth-order valence-corrected chi connectivity index (χ4v) is 6.58. The Hall–Kier alpha value is -5.43. The van der Waals surface area contributed by atoms with Crippen LogP contribution in [0.1, 0.15) is 5.56 Å². The van der Waals surface area contributed by atoms with Crippen molar-refractivity contribution >= 4 is 43.6 Å². The normalized spacial score (nSPS) is 11.9. The average Bonchev–Trinajstić information content (AvgIpc) is 3.56. The standard InChI is InChI=1S/C37H21F5N2/c1-20-10-9-15-26(29-30(38)32(40)34(42)33(41)31(29)39)35(20)44-28-17-8-6-14-23(28)25-19-18-24-22-13-5-7-16-27(22)43(36(24)37(25)44)21-11-3-2-4-12-21/h2-19H,1H3. The molecule has 2 nitrogen and oxygen atoms in total. The summed E-state index contributed by atoms with van der Waals surface area (Å²) in [6.07, 6.45) is 0. The molecule has 8 aromatic rings. The van der Waals surface area contributed by atoms with Gasteiger partial charge in [-0.25, -0.2) is 22.0 Å². The van der Waals surface area contributed by atoms with E-state index in [1.807, 2.05) is 89.5 Å². The van der Waals surface area contributed by atoms with Gasteiger partial charge in [-0.15, -0.1) is 0 Å². The number of fused-ring (bicyclic) bond motifs is 7. The molecule has 6 aromatic carbocycles. The highest BCUT2D eigenvalue weighted by Gasteiger charge is 2.30. The maximum Gasteiger partial charge on any atom is 0.200 e. The van der Waals surface area contributed by atoms with Gasteiger partial charge < -0.3 is 9.13 Å². The van der Waals surface area contributed by atoms with Crippen LogP contribution in [0.3, 0.4) is 0 Å². The molecule has 0 fully saturated rings. The van der Waals surface area contributed by atoms with Gasteiger partial charge in [-0.05, 0) is 36.8 Å². The first-order chi connectivity index (χ1) is 21.4. The van der Waals surface area contributed by atoms with Crippen molar-refractivity contribution in [3.8, 4) is 22.5 Å². The van der Waals surface area contributed by atoms with E-state index in [-0.39, 0.29) is 5.56 Å². The molecule has 0 aliphatic heterocycles. The number of benzene rings is 6. The van der Waals surface area contributed by atoms with Crippen LogP contribution in [-0.4, -0.2) is 9.13 Å². The van der Waals surface area contributed by atoms with Crippen LogP contribution >= 0.6 is 0 Å². The van der Waals surface area contributed by atoms with Gasteiger partial charge in [0, 0.05) is 32.8 Å². The van der Waals surface area contributed by atoms with E-state index in [4.69, 9.17) is 0 Å².